The third kappa shape index (κ3) is 3.35. The van der Waals surface area contributed by atoms with Crippen LogP contribution < -0.4 is 5.73 Å². The van der Waals surface area contributed by atoms with Crippen LogP contribution in [0.3, 0.4) is 0 Å². The minimum Gasteiger partial charge on any atom is -0.507 e. The second-order valence-corrected chi connectivity index (χ2v) is 7.43. The summed E-state index contributed by atoms with van der Waals surface area (Å²) in [5.41, 5.74) is 13.8. The summed E-state index contributed by atoms with van der Waals surface area (Å²) in [6.07, 6.45) is 3.65. The Kier molecular flexibility index (Phi) is 4.57. The zero-order valence-electron chi connectivity index (χ0n) is 15.6. The first-order valence-electron chi connectivity index (χ1n) is 8.92. The van der Waals surface area contributed by atoms with Crippen LogP contribution >= 0.6 is 11.6 Å². The number of nitrogens with one attached hydrogen (secondary N) is 1. The number of aromatic amines is 1. The molecule has 0 bridgehead atoms. The number of hydrogen-bond donors (Lipinski definition) is 3. The summed E-state index contributed by atoms with van der Waals surface area (Å²) < 4.78 is 0. The van der Waals surface area contributed by atoms with Crippen LogP contribution in [-0.2, 0) is 0 Å². The van der Waals surface area contributed by atoms with Crippen molar-refractivity contribution in [3.05, 3.63) is 77.1 Å². The third-order valence-corrected chi connectivity index (χ3v) is 5.11. The van der Waals surface area contributed by atoms with E-state index >= 15 is 0 Å². The number of phenolic OH excluding ortho intramolecular Hbond substituents is 1. The summed E-state index contributed by atoms with van der Waals surface area (Å²) >= 11 is 6.20. The molecule has 0 radical (unpaired) electrons. The monoisotopic (exact) mass is 389 g/mol. The van der Waals surface area contributed by atoms with E-state index in [9.17, 15) is 5.11 Å². The highest BCUT2D eigenvalue weighted by atomic mass is 35.5. The van der Waals surface area contributed by atoms with Crippen LogP contribution in [0, 0.1) is 13.8 Å². The molecule has 28 heavy (non-hydrogen) atoms. The Morgan fingerprint density at radius 2 is 1.54 bits per heavy atom. The second kappa shape index (κ2) is 7.06. The average Bonchev–Trinajstić information content (AvgIpc) is 3.20. The first kappa shape index (κ1) is 18.1. The van der Waals surface area contributed by atoms with Crippen molar-refractivity contribution in [1.82, 2.24) is 10.2 Å². The van der Waals surface area contributed by atoms with E-state index in [0.29, 0.717) is 10.7 Å². The minimum absolute atomic E-state index is 0.218. The van der Waals surface area contributed by atoms with E-state index in [1.165, 1.54) is 0 Å². The van der Waals surface area contributed by atoms with Gasteiger partial charge in [0.2, 0.25) is 0 Å². The quantitative estimate of drug-likeness (QED) is 0.378. The molecule has 4 aromatic rings. The predicted molar refractivity (Wildman–Crippen MR) is 115 cm³/mol. The van der Waals surface area contributed by atoms with Gasteiger partial charge >= 0.3 is 0 Å². The fraction of sp³-hybridized carbons (Fsp3) is 0.0870. The van der Waals surface area contributed by atoms with Crippen molar-refractivity contribution in [2.24, 2.45) is 0 Å². The molecule has 0 aliphatic rings. The largest absolute Gasteiger partial charge is 0.507 e. The lowest BCUT2D eigenvalue weighted by Crippen LogP contribution is -1.90. The average molecular weight is 390 g/mol. The first-order chi connectivity index (χ1) is 13.4. The van der Waals surface area contributed by atoms with E-state index in [1.54, 1.807) is 18.3 Å². The zero-order valence-corrected chi connectivity index (χ0v) is 16.4. The molecule has 0 saturated heterocycles. The van der Waals surface area contributed by atoms with Gasteiger partial charge in [-0.05, 0) is 72.0 Å². The summed E-state index contributed by atoms with van der Waals surface area (Å²) in [5, 5.41) is 18.5. The van der Waals surface area contributed by atoms with E-state index in [-0.39, 0.29) is 5.75 Å². The highest BCUT2D eigenvalue weighted by Gasteiger charge is 2.15. The van der Waals surface area contributed by atoms with Crippen LogP contribution in [-0.4, -0.2) is 15.3 Å². The summed E-state index contributed by atoms with van der Waals surface area (Å²) in [6.45, 7) is 4.05. The first-order valence-corrected chi connectivity index (χ1v) is 9.30. The van der Waals surface area contributed by atoms with Crippen molar-refractivity contribution in [3.63, 3.8) is 0 Å². The van der Waals surface area contributed by atoms with Crippen molar-refractivity contribution in [1.29, 1.82) is 0 Å². The number of aromatic hydroxyl groups is 1. The molecule has 4 rings (SSSR count). The highest BCUT2D eigenvalue weighted by Crippen LogP contribution is 2.41. The van der Waals surface area contributed by atoms with Gasteiger partial charge in [0.15, 0.2) is 0 Å². The number of nitrogens with zero attached hydrogens (tertiary/aromatic N) is 1. The molecule has 5 heteroatoms. The Balaban J connectivity index is 1.90. The van der Waals surface area contributed by atoms with Gasteiger partial charge in [-0.1, -0.05) is 29.8 Å². The van der Waals surface area contributed by atoms with Crippen molar-refractivity contribution >= 4 is 17.3 Å². The molecule has 1 heterocycles. The molecule has 0 aliphatic heterocycles. The molecule has 4 nitrogen and oxygen atoms in total. The van der Waals surface area contributed by atoms with E-state index in [0.717, 1.165) is 44.5 Å². The molecular weight excluding hydrogens is 370 g/mol. The van der Waals surface area contributed by atoms with Crippen molar-refractivity contribution < 1.29 is 5.11 Å². The molecule has 140 valence electrons. The second-order valence-electron chi connectivity index (χ2n) is 7.02. The lowest BCUT2D eigenvalue weighted by Gasteiger charge is -2.14. The normalized spacial score (nSPS) is 11.0. The Bertz CT molecular complexity index is 1170. The molecule has 4 N–H and O–H groups in total. The molecule has 0 atom stereocenters. The van der Waals surface area contributed by atoms with Gasteiger partial charge in [0.05, 0.1) is 16.9 Å². The maximum absolute atomic E-state index is 11.1. The minimum atomic E-state index is 0.218. The molecule has 0 spiro atoms. The molecular formula is C23H20ClN3O. The SMILES string of the molecule is Cc1cc(-c2cn[nH]c2)cc(-c2cc(C)cc(-c3ccc(N)c(Cl)c3)c2O)c1. The fourth-order valence-electron chi connectivity index (χ4n) is 3.43. The van der Waals surface area contributed by atoms with E-state index in [1.807, 2.05) is 38.2 Å². The van der Waals surface area contributed by atoms with E-state index in [2.05, 4.69) is 28.4 Å². The standard InChI is InChI=1S/C23H20ClN3O/c1-13-5-16(18-11-26-27-12-18)9-17(6-13)20-8-14(2)7-19(23(20)28)15-3-4-22(25)21(24)10-15/h3-12,28H,25H2,1-2H3,(H,26,27). The van der Waals surface area contributed by atoms with E-state index in [4.69, 9.17) is 17.3 Å². The number of hydrogen-bond acceptors (Lipinski definition) is 3. The number of nitrogens with two attached hydrogens (primary N) is 1. The van der Waals surface area contributed by atoms with E-state index < -0.39 is 0 Å². The molecule has 0 aliphatic carbocycles. The van der Waals surface area contributed by atoms with Gasteiger partial charge in [-0.15, -0.1) is 0 Å². The Labute approximate surface area is 168 Å². The molecule has 0 amide bonds. The maximum Gasteiger partial charge on any atom is 0.131 e. The Hall–Kier alpha value is -3.24. The van der Waals surface area contributed by atoms with Gasteiger partial charge in [-0.3, -0.25) is 5.10 Å². The zero-order chi connectivity index (χ0) is 19.8. The molecule has 3 aromatic carbocycles. The maximum atomic E-state index is 11.1. The number of H-pyrrole nitrogens is 1. The summed E-state index contributed by atoms with van der Waals surface area (Å²) in [6, 6.07) is 15.6. The molecule has 1 aromatic heterocycles. The summed E-state index contributed by atoms with van der Waals surface area (Å²) in [5.74, 6) is 0.218. The number of aryl methyl sites for hydroxylation is 2. The number of nitrogen functional groups attached to an aromatic ring is 1. The number of anilines is 1. The summed E-state index contributed by atoms with van der Waals surface area (Å²) in [7, 11) is 0. The number of benzene rings is 3. The number of aromatic nitrogens is 2. The molecule has 0 saturated carbocycles. The van der Waals surface area contributed by atoms with Crippen LogP contribution in [0.4, 0.5) is 5.69 Å². The number of phenols is 1. The van der Waals surface area contributed by atoms with Crippen LogP contribution in [0.1, 0.15) is 11.1 Å². The van der Waals surface area contributed by atoms with Gasteiger partial charge in [0.1, 0.15) is 5.75 Å². The number of halogens is 1. The van der Waals surface area contributed by atoms with Gasteiger partial charge < -0.3 is 10.8 Å². The lowest BCUT2D eigenvalue weighted by atomic mass is 9.92. The van der Waals surface area contributed by atoms with Gasteiger partial charge in [-0.25, -0.2) is 0 Å². The number of rotatable bonds is 3. The van der Waals surface area contributed by atoms with Crippen LogP contribution in [0.2, 0.25) is 5.02 Å². The Morgan fingerprint density at radius 3 is 2.21 bits per heavy atom. The van der Waals surface area contributed by atoms with Gasteiger partial charge in [-0.2, -0.15) is 5.10 Å². The molecule has 0 fully saturated rings. The van der Waals surface area contributed by atoms with Crippen molar-refractivity contribution in [3.8, 4) is 39.1 Å². The van der Waals surface area contributed by atoms with Gasteiger partial charge in [0, 0.05) is 22.9 Å². The smallest absolute Gasteiger partial charge is 0.131 e. The molecule has 0 unspecified atom stereocenters. The Morgan fingerprint density at radius 1 is 0.857 bits per heavy atom. The predicted octanol–water partition coefficient (Wildman–Crippen LogP) is 5.97. The van der Waals surface area contributed by atoms with Crippen molar-refractivity contribution in [2.75, 3.05) is 5.73 Å². The van der Waals surface area contributed by atoms with Crippen LogP contribution in [0.15, 0.2) is 60.9 Å². The lowest BCUT2D eigenvalue weighted by molar-refractivity contribution is 0.479. The fourth-order valence-corrected chi connectivity index (χ4v) is 3.61. The van der Waals surface area contributed by atoms with Crippen molar-refractivity contribution in [2.45, 2.75) is 13.8 Å². The topological polar surface area (TPSA) is 74.9 Å². The third-order valence-electron chi connectivity index (χ3n) is 4.79. The highest BCUT2D eigenvalue weighted by molar-refractivity contribution is 6.33. The summed E-state index contributed by atoms with van der Waals surface area (Å²) in [4.78, 5) is 0. The van der Waals surface area contributed by atoms with Crippen LogP contribution in [0.25, 0.3) is 33.4 Å². The van der Waals surface area contributed by atoms with Crippen LogP contribution in [0.5, 0.6) is 5.75 Å². The van der Waals surface area contributed by atoms with Gasteiger partial charge in [0.25, 0.3) is 0 Å².